The second-order valence-corrected chi connectivity index (χ2v) is 11.4. The Morgan fingerprint density at radius 2 is 1.03 bits per heavy atom. The Morgan fingerprint density at radius 3 is 1.37 bits per heavy atom. The second-order valence-electron chi connectivity index (χ2n) is 11.4. The fourth-order valence-corrected chi connectivity index (χ4v) is 8.57. The molecule has 0 heterocycles. The van der Waals surface area contributed by atoms with Gasteiger partial charge in [-0.3, -0.25) is 0 Å². The van der Waals surface area contributed by atoms with Crippen LogP contribution in [-0.2, 0) is 10.8 Å². The maximum atomic E-state index is 11.1. The fraction of sp³-hybridized carbons (Fsp3) is 0.571. The Labute approximate surface area is 181 Å². The number of aromatic hydroxyl groups is 2. The van der Waals surface area contributed by atoms with Crippen LogP contribution in [0.1, 0.15) is 87.5 Å². The number of hydrogen-bond donors (Lipinski definition) is 2. The molecular formula is C28H36O2. The summed E-state index contributed by atoms with van der Waals surface area (Å²) in [5, 5.41) is 22.1. The van der Waals surface area contributed by atoms with Gasteiger partial charge in [0.05, 0.1) is 0 Å². The van der Waals surface area contributed by atoms with E-state index in [4.69, 9.17) is 0 Å². The molecule has 6 rings (SSSR count). The van der Waals surface area contributed by atoms with Gasteiger partial charge in [0.25, 0.3) is 0 Å². The van der Waals surface area contributed by atoms with Crippen molar-refractivity contribution in [3.8, 4) is 11.5 Å². The zero-order valence-corrected chi connectivity index (χ0v) is 19.0. The van der Waals surface area contributed by atoms with Gasteiger partial charge in [-0.25, -0.2) is 0 Å². The first-order chi connectivity index (χ1) is 14.2. The van der Waals surface area contributed by atoms with Gasteiger partial charge in [-0.2, -0.15) is 0 Å². The first kappa shape index (κ1) is 20.0. The molecule has 4 fully saturated rings. The second kappa shape index (κ2) is 6.28. The van der Waals surface area contributed by atoms with Crippen molar-refractivity contribution in [3.05, 3.63) is 58.7 Å². The standard InChI is InChI=1S/C28H36O2/c1-5-25-13-26(6-2)16-27(14-25,21-9-7-19(3)11-23(21)29)18-28(15-25,17-26)22-10-8-20(4)12-24(22)30/h7-12,29-30H,5-6,13-18H2,1-4H3. The minimum absolute atomic E-state index is 0.00409. The third-order valence-corrected chi connectivity index (χ3v) is 9.23. The molecule has 0 saturated heterocycles. The molecule has 0 aliphatic heterocycles. The highest BCUT2D eigenvalue weighted by Gasteiger charge is 2.68. The number of phenols is 2. The van der Waals surface area contributed by atoms with Crippen LogP contribution in [0.5, 0.6) is 11.5 Å². The van der Waals surface area contributed by atoms with E-state index in [2.05, 4.69) is 52.0 Å². The van der Waals surface area contributed by atoms with Crippen molar-refractivity contribution in [1.82, 2.24) is 0 Å². The lowest BCUT2D eigenvalue weighted by atomic mass is 9.33. The van der Waals surface area contributed by atoms with Crippen LogP contribution in [0.3, 0.4) is 0 Å². The van der Waals surface area contributed by atoms with Crippen LogP contribution in [0.25, 0.3) is 0 Å². The van der Waals surface area contributed by atoms with Gasteiger partial charge < -0.3 is 10.2 Å². The molecule has 2 nitrogen and oxygen atoms in total. The summed E-state index contributed by atoms with van der Waals surface area (Å²) in [4.78, 5) is 0. The maximum absolute atomic E-state index is 11.1. The highest BCUT2D eigenvalue weighted by Crippen LogP contribution is 2.76. The van der Waals surface area contributed by atoms with E-state index in [9.17, 15) is 10.2 Å². The van der Waals surface area contributed by atoms with E-state index in [1.54, 1.807) is 0 Å². The molecule has 4 saturated carbocycles. The lowest BCUT2D eigenvalue weighted by molar-refractivity contribution is -0.145. The van der Waals surface area contributed by atoms with Crippen molar-refractivity contribution in [2.24, 2.45) is 10.8 Å². The monoisotopic (exact) mass is 404 g/mol. The lowest BCUT2D eigenvalue weighted by Gasteiger charge is -2.71. The summed E-state index contributed by atoms with van der Waals surface area (Å²) in [7, 11) is 0. The van der Waals surface area contributed by atoms with Crippen molar-refractivity contribution >= 4 is 0 Å². The molecule has 2 N–H and O–H groups in total. The topological polar surface area (TPSA) is 40.5 Å². The van der Waals surface area contributed by atoms with Crippen molar-refractivity contribution in [3.63, 3.8) is 0 Å². The van der Waals surface area contributed by atoms with E-state index in [0.717, 1.165) is 28.7 Å². The van der Waals surface area contributed by atoms with Crippen LogP contribution >= 0.6 is 0 Å². The molecule has 2 aromatic carbocycles. The Balaban J connectivity index is 1.75. The van der Waals surface area contributed by atoms with Gasteiger partial charge in [0, 0.05) is 22.0 Å². The predicted molar refractivity (Wildman–Crippen MR) is 122 cm³/mol. The molecule has 0 unspecified atom stereocenters. The molecule has 0 amide bonds. The molecule has 4 aliphatic rings. The minimum atomic E-state index is -0.00409. The number of phenolic OH excluding ortho intramolecular Hbond substituents is 2. The summed E-state index contributed by atoms with van der Waals surface area (Å²) < 4.78 is 0. The lowest BCUT2D eigenvalue weighted by Crippen LogP contribution is -2.64. The summed E-state index contributed by atoms with van der Waals surface area (Å²) in [5.74, 6) is 0.940. The normalized spacial score (nSPS) is 36.9. The molecule has 0 radical (unpaired) electrons. The number of aryl methyl sites for hydroxylation is 2. The average Bonchev–Trinajstić information content (AvgIpc) is 2.66. The molecule has 30 heavy (non-hydrogen) atoms. The zero-order valence-electron chi connectivity index (χ0n) is 19.0. The average molecular weight is 405 g/mol. The number of benzene rings is 2. The minimum Gasteiger partial charge on any atom is -0.508 e. The van der Waals surface area contributed by atoms with Crippen LogP contribution in [-0.4, -0.2) is 10.2 Å². The van der Waals surface area contributed by atoms with Crippen molar-refractivity contribution in [1.29, 1.82) is 0 Å². The molecule has 2 heteroatoms. The van der Waals surface area contributed by atoms with E-state index in [-0.39, 0.29) is 10.8 Å². The van der Waals surface area contributed by atoms with Gasteiger partial charge >= 0.3 is 0 Å². The first-order valence-corrected chi connectivity index (χ1v) is 11.8. The van der Waals surface area contributed by atoms with Crippen LogP contribution in [0.2, 0.25) is 0 Å². The van der Waals surface area contributed by atoms with Gasteiger partial charge in [-0.05, 0) is 86.5 Å². The van der Waals surface area contributed by atoms with E-state index >= 15 is 0 Å². The Bertz CT molecular complexity index is 910. The predicted octanol–water partition coefficient (Wildman–Crippen LogP) is 7.06. The molecule has 4 bridgehead atoms. The van der Waals surface area contributed by atoms with Gasteiger partial charge in [-0.1, -0.05) is 51.0 Å². The Hall–Kier alpha value is -1.96. The SMILES string of the molecule is CCC12CC3(CC)CC(c4ccc(C)cc4O)(C1)CC(c1ccc(C)cc1O)(C2)C3. The van der Waals surface area contributed by atoms with E-state index in [1.165, 1.54) is 44.9 Å². The van der Waals surface area contributed by atoms with Crippen molar-refractivity contribution in [2.75, 3.05) is 0 Å². The zero-order chi connectivity index (χ0) is 21.4. The quantitative estimate of drug-likeness (QED) is 0.572. The molecule has 0 aromatic heterocycles. The van der Waals surface area contributed by atoms with Crippen LogP contribution in [0, 0.1) is 24.7 Å². The smallest absolute Gasteiger partial charge is 0.119 e. The van der Waals surface area contributed by atoms with Crippen molar-refractivity contribution in [2.45, 2.75) is 89.9 Å². The highest BCUT2D eigenvalue weighted by atomic mass is 16.3. The van der Waals surface area contributed by atoms with Crippen molar-refractivity contribution < 1.29 is 10.2 Å². The van der Waals surface area contributed by atoms with E-state index in [0.29, 0.717) is 22.3 Å². The highest BCUT2D eigenvalue weighted by molar-refractivity contribution is 5.49. The number of rotatable bonds is 4. The van der Waals surface area contributed by atoms with Crippen LogP contribution in [0.4, 0.5) is 0 Å². The van der Waals surface area contributed by atoms with Gasteiger partial charge in [0.2, 0.25) is 0 Å². The van der Waals surface area contributed by atoms with E-state index in [1.807, 2.05) is 12.1 Å². The third-order valence-electron chi connectivity index (χ3n) is 9.23. The molecular weight excluding hydrogens is 368 g/mol. The largest absolute Gasteiger partial charge is 0.508 e. The summed E-state index contributed by atoms with van der Waals surface area (Å²) in [6.45, 7) is 8.83. The van der Waals surface area contributed by atoms with Gasteiger partial charge in [-0.15, -0.1) is 0 Å². The first-order valence-electron chi connectivity index (χ1n) is 11.8. The Kier molecular flexibility index (Phi) is 4.18. The number of hydrogen-bond acceptors (Lipinski definition) is 2. The molecule has 0 spiro atoms. The summed E-state index contributed by atoms with van der Waals surface area (Å²) in [6.07, 6.45) is 9.38. The summed E-state index contributed by atoms with van der Waals surface area (Å²) in [5.41, 5.74) is 5.10. The Morgan fingerprint density at radius 1 is 0.633 bits per heavy atom. The maximum Gasteiger partial charge on any atom is 0.119 e. The van der Waals surface area contributed by atoms with E-state index < -0.39 is 0 Å². The summed E-state index contributed by atoms with van der Waals surface area (Å²) in [6, 6.07) is 12.6. The van der Waals surface area contributed by atoms with Crippen LogP contribution in [0.15, 0.2) is 36.4 Å². The fourth-order valence-electron chi connectivity index (χ4n) is 8.57. The van der Waals surface area contributed by atoms with Gasteiger partial charge in [0.15, 0.2) is 0 Å². The summed E-state index contributed by atoms with van der Waals surface area (Å²) >= 11 is 0. The molecule has 160 valence electrons. The molecule has 2 aromatic rings. The molecule has 0 atom stereocenters. The van der Waals surface area contributed by atoms with Gasteiger partial charge in [0.1, 0.15) is 11.5 Å². The third kappa shape index (κ3) is 2.68. The molecule has 4 aliphatic carbocycles. The van der Waals surface area contributed by atoms with Crippen LogP contribution < -0.4 is 0 Å².